The second-order valence-corrected chi connectivity index (χ2v) is 8.10. The van der Waals surface area contributed by atoms with Crippen molar-refractivity contribution in [3.63, 3.8) is 0 Å². The molecule has 8 heteroatoms. The molecule has 0 saturated carbocycles. The Morgan fingerprint density at radius 2 is 1.50 bits per heavy atom. The lowest BCUT2D eigenvalue weighted by Crippen LogP contribution is -2.14. The van der Waals surface area contributed by atoms with Gasteiger partial charge in [0.1, 0.15) is 0 Å². The van der Waals surface area contributed by atoms with Gasteiger partial charge < -0.3 is 5.32 Å². The summed E-state index contributed by atoms with van der Waals surface area (Å²) in [5.41, 5.74) is 3.27. The topological polar surface area (TPSA) is 101 Å². The summed E-state index contributed by atoms with van der Waals surface area (Å²) in [5.74, 6) is 0.562. The molecule has 0 radical (unpaired) electrons. The first-order valence-corrected chi connectivity index (χ1v) is 10.0. The van der Waals surface area contributed by atoms with E-state index in [-0.39, 0.29) is 16.5 Å². The molecule has 0 aliphatic carbocycles. The van der Waals surface area contributed by atoms with Crippen LogP contribution < -0.4 is 10.0 Å². The minimum Gasteiger partial charge on any atom is -0.339 e. The van der Waals surface area contributed by atoms with E-state index in [2.05, 4.69) is 20.2 Å². The highest BCUT2D eigenvalue weighted by molar-refractivity contribution is 7.92. The first-order valence-electron chi connectivity index (χ1n) is 8.56. The number of hydrogen-bond donors (Lipinski definition) is 2. The van der Waals surface area contributed by atoms with Crippen molar-refractivity contribution in [1.29, 1.82) is 0 Å². The maximum absolute atomic E-state index is 12.5. The Balaban J connectivity index is 1.71. The van der Waals surface area contributed by atoms with Crippen LogP contribution in [0.5, 0.6) is 0 Å². The highest BCUT2D eigenvalue weighted by Gasteiger charge is 2.16. The van der Waals surface area contributed by atoms with Gasteiger partial charge in [0.15, 0.2) is 17.4 Å². The van der Waals surface area contributed by atoms with Gasteiger partial charge in [-0.25, -0.2) is 8.42 Å². The van der Waals surface area contributed by atoms with Gasteiger partial charge in [0.05, 0.1) is 4.90 Å². The average Bonchev–Trinajstić information content (AvgIpc) is 2.65. The minimum atomic E-state index is -3.74. The van der Waals surface area contributed by atoms with Crippen molar-refractivity contribution < 1.29 is 13.2 Å². The highest BCUT2D eigenvalue weighted by Crippen LogP contribution is 2.19. The standard InChI is InChI=1S/C20H20N4O3S/c1-13-4-9-18(12-14(13)2)28(26,27)24-20-11-10-19(22-23-20)21-17-7-5-16(6-8-17)15(3)25/h4-12H,1-3H3,(H,21,22)(H,23,24). The van der Waals surface area contributed by atoms with Crippen molar-refractivity contribution in [2.45, 2.75) is 25.7 Å². The van der Waals surface area contributed by atoms with Crippen molar-refractivity contribution in [1.82, 2.24) is 10.2 Å². The molecular weight excluding hydrogens is 376 g/mol. The molecule has 0 spiro atoms. The molecule has 2 aromatic carbocycles. The number of hydrogen-bond acceptors (Lipinski definition) is 6. The van der Waals surface area contributed by atoms with Crippen LogP contribution >= 0.6 is 0 Å². The number of anilines is 3. The maximum Gasteiger partial charge on any atom is 0.263 e. The van der Waals surface area contributed by atoms with Crippen LogP contribution in [0.2, 0.25) is 0 Å². The predicted molar refractivity (Wildman–Crippen MR) is 108 cm³/mol. The summed E-state index contributed by atoms with van der Waals surface area (Å²) in [5, 5.41) is 10.9. The molecule has 1 aromatic heterocycles. The van der Waals surface area contributed by atoms with E-state index in [0.717, 1.165) is 16.8 Å². The second-order valence-electron chi connectivity index (χ2n) is 6.41. The quantitative estimate of drug-likeness (QED) is 0.614. The van der Waals surface area contributed by atoms with E-state index in [9.17, 15) is 13.2 Å². The van der Waals surface area contributed by atoms with Gasteiger partial charge >= 0.3 is 0 Å². The number of carbonyl (C=O) groups is 1. The number of aryl methyl sites for hydroxylation is 2. The lowest BCUT2D eigenvalue weighted by Gasteiger charge is -2.10. The van der Waals surface area contributed by atoms with Crippen LogP contribution in [-0.2, 0) is 10.0 Å². The zero-order chi connectivity index (χ0) is 20.3. The number of nitrogens with one attached hydrogen (secondary N) is 2. The number of Topliss-reactive ketones (excluding diaryl/α,β-unsaturated/α-hetero) is 1. The fourth-order valence-corrected chi connectivity index (χ4v) is 3.55. The maximum atomic E-state index is 12.5. The fourth-order valence-electron chi connectivity index (χ4n) is 2.47. The Morgan fingerprint density at radius 1 is 0.857 bits per heavy atom. The highest BCUT2D eigenvalue weighted by atomic mass is 32.2. The normalized spacial score (nSPS) is 11.1. The molecule has 0 bridgehead atoms. The number of sulfonamides is 1. The van der Waals surface area contributed by atoms with Gasteiger partial charge in [-0.05, 0) is 80.4 Å². The van der Waals surface area contributed by atoms with E-state index in [1.165, 1.54) is 13.0 Å². The molecule has 0 aliphatic heterocycles. The molecule has 1 heterocycles. The zero-order valence-corrected chi connectivity index (χ0v) is 16.5. The van der Waals surface area contributed by atoms with Gasteiger partial charge in [-0.15, -0.1) is 10.2 Å². The van der Waals surface area contributed by atoms with Crippen LogP contribution in [-0.4, -0.2) is 24.4 Å². The molecule has 3 rings (SSSR count). The molecule has 0 unspecified atom stereocenters. The van der Waals surface area contributed by atoms with E-state index in [4.69, 9.17) is 0 Å². The van der Waals surface area contributed by atoms with E-state index < -0.39 is 10.0 Å². The van der Waals surface area contributed by atoms with Crippen LogP contribution in [0.25, 0.3) is 0 Å². The predicted octanol–water partition coefficient (Wildman–Crippen LogP) is 3.84. The van der Waals surface area contributed by atoms with Crippen molar-refractivity contribution in [2.24, 2.45) is 0 Å². The van der Waals surface area contributed by atoms with Gasteiger partial charge in [-0.3, -0.25) is 9.52 Å². The number of ketones is 1. The first kappa shape index (κ1) is 19.5. The molecule has 0 saturated heterocycles. The van der Waals surface area contributed by atoms with Crippen LogP contribution in [0.3, 0.4) is 0 Å². The fraction of sp³-hybridized carbons (Fsp3) is 0.150. The van der Waals surface area contributed by atoms with Crippen molar-refractivity contribution >= 4 is 33.1 Å². The summed E-state index contributed by atoms with van der Waals surface area (Å²) in [7, 11) is -3.74. The third-order valence-corrected chi connectivity index (χ3v) is 5.61. The van der Waals surface area contributed by atoms with Crippen LogP contribution in [0, 0.1) is 13.8 Å². The summed E-state index contributed by atoms with van der Waals surface area (Å²) in [6, 6.07) is 15.0. The Morgan fingerprint density at radius 3 is 2.07 bits per heavy atom. The largest absolute Gasteiger partial charge is 0.339 e. The van der Waals surface area contributed by atoms with Gasteiger partial charge in [0.2, 0.25) is 0 Å². The number of nitrogens with zero attached hydrogens (tertiary/aromatic N) is 2. The smallest absolute Gasteiger partial charge is 0.263 e. The summed E-state index contributed by atoms with van der Waals surface area (Å²) in [6.07, 6.45) is 0. The molecule has 0 aliphatic rings. The Bertz CT molecular complexity index is 1110. The van der Waals surface area contributed by atoms with Gasteiger partial charge in [-0.1, -0.05) is 6.07 Å². The lowest BCUT2D eigenvalue weighted by molar-refractivity contribution is 0.101. The third-order valence-electron chi connectivity index (χ3n) is 4.26. The van der Waals surface area contributed by atoms with Gasteiger partial charge in [-0.2, -0.15) is 0 Å². The first-order chi connectivity index (χ1) is 13.2. The van der Waals surface area contributed by atoms with Crippen molar-refractivity contribution in [2.75, 3.05) is 10.0 Å². The Labute approximate surface area is 163 Å². The van der Waals surface area contributed by atoms with E-state index in [1.54, 1.807) is 48.5 Å². The molecule has 2 N–H and O–H groups in total. The molecule has 144 valence electrons. The van der Waals surface area contributed by atoms with Gasteiger partial charge in [0, 0.05) is 11.3 Å². The number of aromatic nitrogens is 2. The van der Waals surface area contributed by atoms with E-state index >= 15 is 0 Å². The van der Waals surface area contributed by atoms with Crippen molar-refractivity contribution in [3.8, 4) is 0 Å². The molecule has 0 amide bonds. The SMILES string of the molecule is CC(=O)c1ccc(Nc2ccc(NS(=O)(=O)c3ccc(C)c(C)c3)nn2)cc1. The monoisotopic (exact) mass is 396 g/mol. The molecule has 0 fully saturated rings. The van der Waals surface area contributed by atoms with Crippen LogP contribution in [0.1, 0.15) is 28.4 Å². The average molecular weight is 396 g/mol. The van der Waals surface area contributed by atoms with Gasteiger partial charge in [0.25, 0.3) is 10.0 Å². The number of carbonyl (C=O) groups excluding carboxylic acids is 1. The number of benzene rings is 2. The number of rotatable bonds is 6. The van der Waals surface area contributed by atoms with E-state index in [1.807, 2.05) is 13.8 Å². The molecule has 28 heavy (non-hydrogen) atoms. The lowest BCUT2D eigenvalue weighted by atomic mass is 10.1. The van der Waals surface area contributed by atoms with E-state index in [0.29, 0.717) is 11.4 Å². The Hall–Kier alpha value is -3.26. The van der Waals surface area contributed by atoms with Crippen LogP contribution in [0.15, 0.2) is 59.5 Å². The second kappa shape index (κ2) is 7.77. The molecular formula is C20H20N4O3S. The molecule has 0 atom stereocenters. The minimum absolute atomic E-state index is 0.00764. The van der Waals surface area contributed by atoms with Crippen molar-refractivity contribution in [3.05, 3.63) is 71.3 Å². The Kier molecular flexibility index (Phi) is 5.41. The summed E-state index contributed by atoms with van der Waals surface area (Å²) < 4.78 is 27.4. The molecule has 7 nitrogen and oxygen atoms in total. The summed E-state index contributed by atoms with van der Waals surface area (Å²) in [6.45, 7) is 5.28. The summed E-state index contributed by atoms with van der Waals surface area (Å²) >= 11 is 0. The third kappa shape index (κ3) is 4.52. The van der Waals surface area contributed by atoms with Crippen LogP contribution in [0.4, 0.5) is 17.3 Å². The molecule has 3 aromatic rings. The summed E-state index contributed by atoms with van der Waals surface area (Å²) in [4.78, 5) is 11.5. The zero-order valence-electron chi connectivity index (χ0n) is 15.7.